The molecule has 0 aromatic carbocycles. The van der Waals surface area contributed by atoms with Gasteiger partial charge in [0.1, 0.15) is 0 Å². The summed E-state index contributed by atoms with van der Waals surface area (Å²) >= 11 is 6.23. The monoisotopic (exact) mass is 305 g/mol. The highest BCUT2D eigenvalue weighted by molar-refractivity contribution is 6.31. The topological polar surface area (TPSA) is 57.5 Å². The van der Waals surface area contributed by atoms with Gasteiger partial charge in [-0.3, -0.25) is 4.68 Å². The first-order valence-corrected chi connectivity index (χ1v) is 7.06. The summed E-state index contributed by atoms with van der Waals surface area (Å²) in [4.78, 5) is 0. The molecule has 0 fully saturated rings. The Morgan fingerprint density at radius 3 is 2.65 bits per heavy atom. The number of rotatable bonds is 11. The summed E-state index contributed by atoms with van der Waals surface area (Å²) < 4.78 is 17.4. The molecule has 1 atom stereocenters. The van der Waals surface area contributed by atoms with Gasteiger partial charge in [0.2, 0.25) is 0 Å². The minimum atomic E-state index is 0.101. The second kappa shape index (κ2) is 10.1. The van der Waals surface area contributed by atoms with E-state index in [0.29, 0.717) is 38.0 Å². The van der Waals surface area contributed by atoms with Gasteiger partial charge < -0.3 is 19.5 Å². The maximum Gasteiger partial charge on any atom is 0.0834 e. The zero-order chi connectivity index (χ0) is 14.8. The van der Waals surface area contributed by atoms with Crippen LogP contribution in [0.15, 0.2) is 6.20 Å². The molecule has 1 aromatic rings. The molecule has 20 heavy (non-hydrogen) atoms. The van der Waals surface area contributed by atoms with Crippen LogP contribution in [0.4, 0.5) is 0 Å². The number of nitrogens with zero attached hydrogens (tertiary/aromatic N) is 2. The van der Waals surface area contributed by atoms with Gasteiger partial charge in [-0.2, -0.15) is 5.10 Å². The number of ether oxygens (including phenoxy) is 3. The van der Waals surface area contributed by atoms with Crippen LogP contribution in [-0.4, -0.2) is 57.5 Å². The van der Waals surface area contributed by atoms with Gasteiger partial charge in [0.05, 0.1) is 49.3 Å². The lowest BCUT2D eigenvalue weighted by Gasteiger charge is -2.18. The largest absolute Gasteiger partial charge is 0.383 e. The van der Waals surface area contributed by atoms with Gasteiger partial charge in [0, 0.05) is 20.8 Å². The Morgan fingerprint density at radius 1 is 1.25 bits per heavy atom. The van der Waals surface area contributed by atoms with Crippen LogP contribution < -0.4 is 5.32 Å². The minimum absolute atomic E-state index is 0.101. The number of halogens is 1. The Bertz CT molecular complexity index is 374. The first-order chi connectivity index (χ1) is 9.74. The molecule has 1 N–H and O–H groups in total. The van der Waals surface area contributed by atoms with Gasteiger partial charge in [-0.05, 0) is 13.5 Å². The molecular weight excluding hydrogens is 282 g/mol. The number of hydrogen-bond donors (Lipinski definition) is 1. The van der Waals surface area contributed by atoms with Crippen LogP contribution in [0.25, 0.3) is 0 Å². The van der Waals surface area contributed by atoms with E-state index in [0.717, 1.165) is 12.1 Å². The fourth-order valence-corrected chi connectivity index (χ4v) is 2.21. The Kier molecular flexibility index (Phi) is 8.80. The first kappa shape index (κ1) is 17.4. The SMILES string of the molecule is CNC(CCOCCOC)c1c(Cl)cnn1CCOC. The van der Waals surface area contributed by atoms with Crippen LogP contribution in [-0.2, 0) is 20.8 Å². The number of methoxy groups -OCH3 is 2. The quantitative estimate of drug-likeness (QED) is 0.628. The van der Waals surface area contributed by atoms with E-state index in [4.69, 9.17) is 25.8 Å². The molecule has 0 aliphatic rings. The molecule has 116 valence electrons. The van der Waals surface area contributed by atoms with Crippen molar-refractivity contribution in [2.75, 3.05) is 47.7 Å². The molecule has 7 heteroatoms. The molecular formula is C13H24ClN3O3. The zero-order valence-electron chi connectivity index (χ0n) is 12.4. The van der Waals surface area contributed by atoms with E-state index in [9.17, 15) is 0 Å². The van der Waals surface area contributed by atoms with Gasteiger partial charge in [0.15, 0.2) is 0 Å². The molecule has 1 unspecified atom stereocenters. The molecule has 0 saturated carbocycles. The van der Waals surface area contributed by atoms with Crippen molar-refractivity contribution in [3.05, 3.63) is 16.9 Å². The molecule has 0 saturated heterocycles. The summed E-state index contributed by atoms with van der Waals surface area (Å²) in [5.74, 6) is 0. The van der Waals surface area contributed by atoms with Crippen molar-refractivity contribution in [2.24, 2.45) is 0 Å². The molecule has 0 amide bonds. The van der Waals surface area contributed by atoms with Crippen molar-refractivity contribution in [3.8, 4) is 0 Å². The van der Waals surface area contributed by atoms with Gasteiger partial charge in [-0.25, -0.2) is 0 Å². The van der Waals surface area contributed by atoms with Crippen molar-refractivity contribution < 1.29 is 14.2 Å². The third-order valence-corrected chi connectivity index (χ3v) is 3.29. The van der Waals surface area contributed by atoms with E-state index in [1.54, 1.807) is 20.4 Å². The predicted octanol–water partition coefficient (Wildman–Crippen LogP) is 1.50. The van der Waals surface area contributed by atoms with Gasteiger partial charge >= 0.3 is 0 Å². The second-order valence-corrected chi connectivity index (χ2v) is 4.74. The van der Waals surface area contributed by atoms with Crippen LogP contribution in [0.2, 0.25) is 5.02 Å². The maximum atomic E-state index is 6.23. The van der Waals surface area contributed by atoms with Crippen molar-refractivity contribution in [1.29, 1.82) is 0 Å². The van der Waals surface area contributed by atoms with Gasteiger partial charge in [-0.15, -0.1) is 0 Å². The molecule has 0 aliphatic carbocycles. The van der Waals surface area contributed by atoms with E-state index in [1.807, 2.05) is 11.7 Å². The molecule has 0 radical (unpaired) electrons. The molecule has 1 heterocycles. The number of hydrogen-bond acceptors (Lipinski definition) is 5. The average molecular weight is 306 g/mol. The fourth-order valence-electron chi connectivity index (χ4n) is 1.94. The highest BCUT2D eigenvalue weighted by atomic mass is 35.5. The van der Waals surface area contributed by atoms with Crippen molar-refractivity contribution in [2.45, 2.75) is 19.0 Å². The predicted molar refractivity (Wildman–Crippen MR) is 78.2 cm³/mol. The highest BCUT2D eigenvalue weighted by Crippen LogP contribution is 2.25. The third kappa shape index (κ3) is 5.38. The Hall–Kier alpha value is -0.660. The fraction of sp³-hybridized carbons (Fsp3) is 0.769. The summed E-state index contributed by atoms with van der Waals surface area (Å²) in [5, 5.41) is 8.20. The van der Waals surface area contributed by atoms with E-state index in [1.165, 1.54) is 0 Å². The van der Waals surface area contributed by atoms with Crippen LogP contribution in [0, 0.1) is 0 Å². The van der Waals surface area contributed by atoms with Crippen LogP contribution in [0.1, 0.15) is 18.2 Å². The summed E-state index contributed by atoms with van der Waals surface area (Å²) in [5.41, 5.74) is 0.974. The summed E-state index contributed by atoms with van der Waals surface area (Å²) in [6.07, 6.45) is 2.49. The average Bonchev–Trinajstić information content (AvgIpc) is 2.82. The van der Waals surface area contributed by atoms with Gasteiger partial charge in [-0.1, -0.05) is 11.6 Å². The summed E-state index contributed by atoms with van der Waals surface area (Å²) in [6.45, 7) is 3.13. The smallest absolute Gasteiger partial charge is 0.0834 e. The molecule has 1 rings (SSSR count). The Balaban J connectivity index is 2.57. The lowest BCUT2D eigenvalue weighted by molar-refractivity contribution is 0.0656. The summed E-state index contributed by atoms with van der Waals surface area (Å²) in [6, 6.07) is 0.101. The number of aromatic nitrogens is 2. The molecule has 0 bridgehead atoms. The zero-order valence-corrected chi connectivity index (χ0v) is 13.2. The van der Waals surface area contributed by atoms with E-state index in [-0.39, 0.29) is 6.04 Å². The van der Waals surface area contributed by atoms with Crippen molar-refractivity contribution >= 4 is 11.6 Å². The van der Waals surface area contributed by atoms with Crippen molar-refractivity contribution in [3.63, 3.8) is 0 Å². The van der Waals surface area contributed by atoms with Crippen LogP contribution in [0.3, 0.4) is 0 Å². The third-order valence-electron chi connectivity index (χ3n) is 3.00. The lowest BCUT2D eigenvalue weighted by Crippen LogP contribution is -2.23. The van der Waals surface area contributed by atoms with Gasteiger partial charge in [0.25, 0.3) is 0 Å². The first-order valence-electron chi connectivity index (χ1n) is 6.68. The minimum Gasteiger partial charge on any atom is -0.383 e. The Morgan fingerprint density at radius 2 is 2.00 bits per heavy atom. The highest BCUT2D eigenvalue weighted by Gasteiger charge is 2.18. The van der Waals surface area contributed by atoms with E-state index >= 15 is 0 Å². The van der Waals surface area contributed by atoms with Crippen LogP contribution >= 0.6 is 11.6 Å². The molecule has 0 spiro atoms. The molecule has 6 nitrogen and oxygen atoms in total. The van der Waals surface area contributed by atoms with Crippen LogP contribution in [0.5, 0.6) is 0 Å². The Labute approximate surface area is 125 Å². The van der Waals surface area contributed by atoms with Crippen molar-refractivity contribution in [1.82, 2.24) is 15.1 Å². The number of nitrogens with one attached hydrogen (secondary N) is 1. The molecule has 1 aromatic heterocycles. The molecule has 0 aliphatic heterocycles. The van der Waals surface area contributed by atoms with E-state index < -0.39 is 0 Å². The second-order valence-electron chi connectivity index (χ2n) is 4.33. The van der Waals surface area contributed by atoms with E-state index in [2.05, 4.69) is 10.4 Å². The normalized spacial score (nSPS) is 12.8. The lowest BCUT2D eigenvalue weighted by atomic mass is 10.1. The summed E-state index contributed by atoms with van der Waals surface area (Å²) in [7, 11) is 5.24. The maximum absolute atomic E-state index is 6.23. The standard InChI is InChI=1S/C13H24ClN3O3/c1-15-12(4-6-20-9-8-19-3)13-11(14)10-16-17(13)5-7-18-2/h10,12,15H,4-9H2,1-3H3.